The lowest BCUT2D eigenvalue weighted by Gasteiger charge is -2.14. The van der Waals surface area contributed by atoms with Gasteiger partial charge in [0.05, 0.1) is 0 Å². The second kappa shape index (κ2) is 2.74. The molecule has 1 aliphatic rings. The van der Waals surface area contributed by atoms with Gasteiger partial charge in [0.2, 0.25) is 0 Å². The Balaban J connectivity index is 2.56. The zero-order valence-electron chi connectivity index (χ0n) is 7.59. The van der Waals surface area contributed by atoms with Crippen LogP contribution in [0.1, 0.15) is 23.6 Å². The average molecular weight is 159 g/mol. The molecule has 0 spiro atoms. The first-order valence-electron chi connectivity index (χ1n) is 4.38. The zero-order chi connectivity index (χ0) is 8.55. The molecule has 0 amide bonds. The Bertz CT molecular complexity index is 337. The molecular formula is C11H13N. The van der Waals surface area contributed by atoms with E-state index in [0.29, 0.717) is 0 Å². The predicted molar refractivity (Wildman–Crippen MR) is 52.0 cm³/mol. The van der Waals surface area contributed by atoms with Crippen molar-refractivity contribution in [2.45, 2.75) is 20.3 Å². The Morgan fingerprint density at radius 2 is 2.08 bits per heavy atom. The normalized spacial score (nSPS) is 15.3. The van der Waals surface area contributed by atoms with E-state index in [0.717, 1.165) is 13.0 Å². The Hall–Kier alpha value is -1.11. The van der Waals surface area contributed by atoms with Gasteiger partial charge in [-0.2, -0.15) is 0 Å². The molecule has 1 aromatic carbocycles. The van der Waals surface area contributed by atoms with Crippen molar-refractivity contribution < 1.29 is 0 Å². The van der Waals surface area contributed by atoms with Crippen molar-refractivity contribution in [2.24, 2.45) is 4.99 Å². The number of aryl methyl sites for hydroxylation is 1. The van der Waals surface area contributed by atoms with Crippen LogP contribution in [0.3, 0.4) is 0 Å². The summed E-state index contributed by atoms with van der Waals surface area (Å²) in [6.07, 6.45) is 1.11. The summed E-state index contributed by atoms with van der Waals surface area (Å²) in [7, 11) is 0. The first kappa shape index (κ1) is 7.53. The number of hydrogen-bond acceptors (Lipinski definition) is 1. The van der Waals surface area contributed by atoms with Gasteiger partial charge in [-0.05, 0) is 31.4 Å². The van der Waals surface area contributed by atoms with Crippen LogP contribution in [0, 0.1) is 6.92 Å². The zero-order valence-corrected chi connectivity index (χ0v) is 7.59. The summed E-state index contributed by atoms with van der Waals surface area (Å²) in [4.78, 5) is 4.42. The molecule has 0 bridgehead atoms. The molecule has 62 valence electrons. The largest absolute Gasteiger partial charge is 0.289 e. The van der Waals surface area contributed by atoms with Crippen LogP contribution in [-0.4, -0.2) is 12.3 Å². The van der Waals surface area contributed by atoms with E-state index >= 15 is 0 Å². The molecule has 0 radical (unpaired) electrons. The van der Waals surface area contributed by atoms with Gasteiger partial charge in [0.1, 0.15) is 0 Å². The lowest BCUT2D eigenvalue weighted by molar-refractivity contribution is 0.939. The van der Waals surface area contributed by atoms with Gasteiger partial charge in [-0.3, -0.25) is 4.99 Å². The third-order valence-corrected chi connectivity index (χ3v) is 2.38. The average Bonchev–Trinajstić information content (AvgIpc) is 2.04. The molecule has 2 rings (SSSR count). The lowest BCUT2D eigenvalue weighted by atomic mass is 9.97. The van der Waals surface area contributed by atoms with Gasteiger partial charge >= 0.3 is 0 Å². The highest BCUT2D eigenvalue weighted by Gasteiger charge is 2.09. The van der Waals surface area contributed by atoms with Gasteiger partial charge < -0.3 is 0 Å². The van der Waals surface area contributed by atoms with Crippen LogP contribution in [0.15, 0.2) is 23.2 Å². The van der Waals surface area contributed by atoms with Crippen molar-refractivity contribution in [3.8, 4) is 0 Å². The highest BCUT2D eigenvalue weighted by molar-refractivity contribution is 6.00. The van der Waals surface area contributed by atoms with Crippen molar-refractivity contribution in [1.29, 1.82) is 0 Å². The van der Waals surface area contributed by atoms with E-state index in [1.807, 2.05) is 0 Å². The highest BCUT2D eigenvalue weighted by atomic mass is 14.7. The van der Waals surface area contributed by atoms with Crippen molar-refractivity contribution >= 4 is 5.71 Å². The number of rotatable bonds is 0. The lowest BCUT2D eigenvalue weighted by Crippen LogP contribution is -2.09. The molecular weight excluding hydrogens is 146 g/mol. The number of benzene rings is 1. The molecule has 0 aliphatic carbocycles. The Morgan fingerprint density at radius 3 is 2.92 bits per heavy atom. The molecule has 0 unspecified atom stereocenters. The summed E-state index contributed by atoms with van der Waals surface area (Å²) in [6, 6.07) is 6.61. The highest BCUT2D eigenvalue weighted by Crippen LogP contribution is 2.17. The molecule has 1 aromatic rings. The van der Waals surface area contributed by atoms with Gasteiger partial charge in [0.15, 0.2) is 0 Å². The third-order valence-electron chi connectivity index (χ3n) is 2.38. The van der Waals surface area contributed by atoms with Gasteiger partial charge in [-0.15, -0.1) is 0 Å². The van der Waals surface area contributed by atoms with E-state index in [9.17, 15) is 0 Å². The molecule has 1 heterocycles. The van der Waals surface area contributed by atoms with Crippen LogP contribution in [0.25, 0.3) is 0 Å². The molecule has 0 N–H and O–H groups in total. The maximum atomic E-state index is 4.42. The monoisotopic (exact) mass is 159 g/mol. The van der Waals surface area contributed by atoms with Crippen molar-refractivity contribution in [3.63, 3.8) is 0 Å². The van der Waals surface area contributed by atoms with E-state index in [4.69, 9.17) is 0 Å². The fourth-order valence-electron chi connectivity index (χ4n) is 1.71. The van der Waals surface area contributed by atoms with E-state index in [1.165, 1.54) is 22.4 Å². The summed E-state index contributed by atoms with van der Waals surface area (Å²) in [5.74, 6) is 0. The van der Waals surface area contributed by atoms with Gasteiger partial charge in [-0.1, -0.05) is 23.8 Å². The quantitative estimate of drug-likeness (QED) is 0.551. The maximum absolute atomic E-state index is 4.42. The number of fused-ring (bicyclic) bond motifs is 1. The first-order valence-corrected chi connectivity index (χ1v) is 4.38. The molecule has 0 saturated heterocycles. The van der Waals surface area contributed by atoms with Crippen LogP contribution in [0.5, 0.6) is 0 Å². The van der Waals surface area contributed by atoms with Crippen LogP contribution in [0.2, 0.25) is 0 Å². The first-order chi connectivity index (χ1) is 5.77. The van der Waals surface area contributed by atoms with E-state index in [-0.39, 0.29) is 0 Å². The molecule has 1 aliphatic heterocycles. The molecule has 0 fully saturated rings. The van der Waals surface area contributed by atoms with Gasteiger partial charge in [0, 0.05) is 12.3 Å². The van der Waals surface area contributed by atoms with Crippen molar-refractivity contribution in [2.75, 3.05) is 6.54 Å². The second-order valence-corrected chi connectivity index (χ2v) is 3.38. The smallest absolute Gasteiger partial charge is 0.0433 e. The van der Waals surface area contributed by atoms with Crippen LogP contribution in [-0.2, 0) is 6.42 Å². The third kappa shape index (κ3) is 1.15. The molecule has 0 atom stereocenters. The van der Waals surface area contributed by atoms with Gasteiger partial charge in [0.25, 0.3) is 0 Å². The molecule has 12 heavy (non-hydrogen) atoms. The fraction of sp³-hybridized carbons (Fsp3) is 0.364. The van der Waals surface area contributed by atoms with E-state index in [1.54, 1.807) is 0 Å². The summed E-state index contributed by atoms with van der Waals surface area (Å²) < 4.78 is 0. The topological polar surface area (TPSA) is 12.4 Å². The minimum absolute atomic E-state index is 0.961. The number of aliphatic imine (C=N–C) groups is 1. The number of nitrogens with zero attached hydrogens (tertiary/aromatic N) is 1. The second-order valence-electron chi connectivity index (χ2n) is 3.38. The molecule has 0 aromatic heterocycles. The fourth-order valence-corrected chi connectivity index (χ4v) is 1.71. The van der Waals surface area contributed by atoms with E-state index in [2.05, 4.69) is 37.0 Å². The standard InChI is InChI=1S/C11H13N/c1-8-3-4-11-9(2)12-6-5-10(11)7-8/h3-4,7H,5-6H2,1-2H3. The maximum Gasteiger partial charge on any atom is 0.0433 e. The van der Waals surface area contributed by atoms with E-state index < -0.39 is 0 Å². The summed E-state index contributed by atoms with van der Waals surface area (Å²) in [5, 5.41) is 0. The number of hydrogen-bond donors (Lipinski definition) is 0. The summed E-state index contributed by atoms with van der Waals surface area (Å²) in [6.45, 7) is 5.19. The van der Waals surface area contributed by atoms with Crippen molar-refractivity contribution in [1.82, 2.24) is 0 Å². The molecule has 1 heteroatoms. The van der Waals surface area contributed by atoms with Crippen LogP contribution < -0.4 is 0 Å². The minimum atomic E-state index is 0.961. The molecule has 1 nitrogen and oxygen atoms in total. The van der Waals surface area contributed by atoms with Crippen molar-refractivity contribution in [3.05, 3.63) is 34.9 Å². The Morgan fingerprint density at radius 1 is 1.25 bits per heavy atom. The Labute approximate surface area is 73.1 Å². The minimum Gasteiger partial charge on any atom is -0.289 e. The predicted octanol–water partition coefficient (Wildman–Crippen LogP) is 2.36. The van der Waals surface area contributed by atoms with Crippen LogP contribution >= 0.6 is 0 Å². The van der Waals surface area contributed by atoms with Crippen LogP contribution in [0.4, 0.5) is 0 Å². The molecule has 0 saturated carbocycles. The summed E-state index contributed by atoms with van der Waals surface area (Å²) in [5.41, 5.74) is 5.34. The van der Waals surface area contributed by atoms with Gasteiger partial charge in [-0.25, -0.2) is 0 Å². The summed E-state index contributed by atoms with van der Waals surface area (Å²) >= 11 is 0. The Kier molecular flexibility index (Phi) is 1.72. The SMILES string of the molecule is CC1=NCCc2cc(C)ccc21.